The van der Waals surface area contributed by atoms with Crippen LogP contribution in [0.5, 0.6) is 0 Å². The van der Waals surface area contributed by atoms with Gasteiger partial charge in [0.15, 0.2) is 0 Å². The van der Waals surface area contributed by atoms with Crippen molar-refractivity contribution >= 4 is 27.3 Å². The number of carboxylic acid groups (broad SMARTS) is 1. The normalized spacial score (nSPS) is 11.9. The van der Waals surface area contributed by atoms with Crippen molar-refractivity contribution in [2.75, 3.05) is 13.2 Å². The Kier molecular flexibility index (Phi) is 6.60. The number of ether oxygens (including phenoxy) is 1. The lowest BCUT2D eigenvalue weighted by Gasteiger charge is -2.08. The summed E-state index contributed by atoms with van der Waals surface area (Å²) in [5.41, 5.74) is 0. The second-order valence-corrected chi connectivity index (χ2v) is 7.10. The van der Waals surface area contributed by atoms with Crippen molar-refractivity contribution in [3.05, 3.63) is 16.3 Å². The zero-order valence-electron chi connectivity index (χ0n) is 11.5. The molecule has 20 heavy (non-hydrogen) atoms. The SMILES string of the molecule is CC(C)OCCCCNS(=O)(=O)c1ccsc1C(=O)O. The van der Waals surface area contributed by atoms with Crippen LogP contribution in [0.4, 0.5) is 0 Å². The van der Waals surface area contributed by atoms with Gasteiger partial charge in [-0.25, -0.2) is 17.9 Å². The van der Waals surface area contributed by atoms with E-state index >= 15 is 0 Å². The Balaban J connectivity index is 2.46. The molecule has 0 atom stereocenters. The maximum atomic E-state index is 12.0. The highest BCUT2D eigenvalue weighted by Crippen LogP contribution is 2.21. The van der Waals surface area contributed by atoms with Gasteiger partial charge in [-0.1, -0.05) is 0 Å². The van der Waals surface area contributed by atoms with Gasteiger partial charge in [0.05, 0.1) is 6.10 Å². The van der Waals surface area contributed by atoms with Crippen molar-refractivity contribution < 1.29 is 23.1 Å². The summed E-state index contributed by atoms with van der Waals surface area (Å²) in [4.78, 5) is 10.6. The number of sulfonamides is 1. The number of rotatable bonds is 9. The topological polar surface area (TPSA) is 92.7 Å². The van der Waals surface area contributed by atoms with E-state index in [0.717, 1.165) is 17.8 Å². The van der Waals surface area contributed by atoms with Gasteiger partial charge in [-0.15, -0.1) is 11.3 Å². The summed E-state index contributed by atoms with van der Waals surface area (Å²) in [5.74, 6) is -1.23. The lowest BCUT2D eigenvalue weighted by molar-refractivity contribution is 0.0698. The average Bonchev–Trinajstić information content (AvgIpc) is 2.83. The van der Waals surface area contributed by atoms with Crippen LogP contribution in [0.3, 0.4) is 0 Å². The molecule has 1 heterocycles. The average molecular weight is 321 g/mol. The number of hydrogen-bond acceptors (Lipinski definition) is 5. The van der Waals surface area contributed by atoms with Crippen LogP contribution in [0.25, 0.3) is 0 Å². The Hall–Kier alpha value is -0.960. The van der Waals surface area contributed by atoms with Crippen molar-refractivity contribution in [1.82, 2.24) is 4.72 Å². The fourth-order valence-electron chi connectivity index (χ4n) is 1.50. The van der Waals surface area contributed by atoms with Crippen LogP contribution in [-0.4, -0.2) is 38.7 Å². The molecule has 0 fully saturated rings. The van der Waals surface area contributed by atoms with Gasteiger partial charge < -0.3 is 9.84 Å². The summed E-state index contributed by atoms with van der Waals surface area (Å²) >= 11 is 0.896. The molecule has 0 saturated carbocycles. The Bertz CT molecular complexity index is 536. The van der Waals surface area contributed by atoms with E-state index in [4.69, 9.17) is 9.84 Å². The van der Waals surface area contributed by atoms with Gasteiger partial charge in [0, 0.05) is 13.2 Å². The van der Waals surface area contributed by atoms with Gasteiger partial charge in [-0.05, 0) is 38.1 Å². The summed E-state index contributed by atoms with van der Waals surface area (Å²) in [6, 6.07) is 1.30. The summed E-state index contributed by atoms with van der Waals surface area (Å²) in [6.45, 7) is 4.72. The zero-order chi connectivity index (χ0) is 15.2. The van der Waals surface area contributed by atoms with E-state index in [2.05, 4.69) is 4.72 Å². The highest BCUT2D eigenvalue weighted by molar-refractivity contribution is 7.89. The summed E-state index contributed by atoms with van der Waals surface area (Å²) in [7, 11) is -3.76. The Labute approximate surface area is 122 Å². The second kappa shape index (κ2) is 7.72. The Morgan fingerprint density at radius 1 is 1.45 bits per heavy atom. The summed E-state index contributed by atoms with van der Waals surface area (Å²) in [5, 5.41) is 10.4. The fourth-order valence-corrected chi connectivity index (χ4v) is 3.83. The number of carboxylic acids is 1. The molecule has 0 aliphatic heterocycles. The van der Waals surface area contributed by atoms with Gasteiger partial charge in [-0.3, -0.25) is 0 Å². The van der Waals surface area contributed by atoms with Gasteiger partial charge in [-0.2, -0.15) is 0 Å². The van der Waals surface area contributed by atoms with Crippen LogP contribution in [-0.2, 0) is 14.8 Å². The number of unbranched alkanes of at least 4 members (excludes halogenated alkanes) is 1. The number of thiophene rings is 1. The number of carbonyl (C=O) groups is 1. The molecule has 0 radical (unpaired) electrons. The molecule has 0 aliphatic rings. The van der Waals surface area contributed by atoms with E-state index in [1.165, 1.54) is 11.4 Å². The first-order chi connectivity index (χ1) is 9.34. The molecule has 0 aromatic carbocycles. The zero-order valence-corrected chi connectivity index (χ0v) is 13.1. The third-order valence-electron chi connectivity index (χ3n) is 2.43. The van der Waals surface area contributed by atoms with Gasteiger partial charge in [0.25, 0.3) is 0 Å². The van der Waals surface area contributed by atoms with Crippen LogP contribution in [0.1, 0.15) is 36.4 Å². The summed E-state index contributed by atoms with van der Waals surface area (Å²) in [6.07, 6.45) is 1.55. The summed E-state index contributed by atoms with van der Waals surface area (Å²) < 4.78 is 31.7. The van der Waals surface area contributed by atoms with Crippen LogP contribution in [0, 0.1) is 0 Å². The molecule has 0 unspecified atom stereocenters. The number of aromatic carboxylic acids is 1. The van der Waals surface area contributed by atoms with Crippen LogP contribution in [0.2, 0.25) is 0 Å². The minimum absolute atomic E-state index is 0.163. The molecule has 6 nitrogen and oxygen atoms in total. The molecule has 1 rings (SSSR count). The minimum Gasteiger partial charge on any atom is -0.477 e. The molecular formula is C12H19NO5S2. The van der Waals surface area contributed by atoms with Gasteiger partial charge in [0.1, 0.15) is 9.77 Å². The third kappa shape index (κ3) is 5.20. The Morgan fingerprint density at radius 3 is 2.75 bits per heavy atom. The molecule has 0 amide bonds. The predicted octanol–water partition coefficient (Wildman–Crippen LogP) is 1.93. The van der Waals surface area contributed by atoms with Crippen molar-refractivity contribution in [2.45, 2.75) is 37.7 Å². The smallest absolute Gasteiger partial charge is 0.347 e. The quantitative estimate of drug-likeness (QED) is 0.678. The van der Waals surface area contributed by atoms with E-state index in [-0.39, 0.29) is 22.4 Å². The van der Waals surface area contributed by atoms with Crippen LogP contribution in [0.15, 0.2) is 16.3 Å². The number of nitrogens with one attached hydrogen (secondary N) is 1. The number of hydrogen-bond donors (Lipinski definition) is 2. The first-order valence-corrected chi connectivity index (χ1v) is 8.63. The minimum atomic E-state index is -3.76. The van der Waals surface area contributed by atoms with Crippen LogP contribution >= 0.6 is 11.3 Å². The molecule has 2 N–H and O–H groups in total. The highest BCUT2D eigenvalue weighted by Gasteiger charge is 2.23. The van der Waals surface area contributed by atoms with Crippen molar-refractivity contribution in [1.29, 1.82) is 0 Å². The van der Waals surface area contributed by atoms with E-state index in [0.29, 0.717) is 13.0 Å². The molecule has 0 aliphatic carbocycles. The van der Waals surface area contributed by atoms with Crippen LogP contribution < -0.4 is 4.72 Å². The van der Waals surface area contributed by atoms with Gasteiger partial charge in [0.2, 0.25) is 10.0 Å². The maximum absolute atomic E-state index is 12.0. The first-order valence-electron chi connectivity index (χ1n) is 6.26. The lowest BCUT2D eigenvalue weighted by atomic mass is 10.3. The van der Waals surface area contributed by atoms with E-state index in [1.54, 1.807) is 0 Å². The third-order valence-corrected chi connectivity index (χ3v) is 4.96. The second-order valence-electron chi connectivity index (χ2n) is 4.44. The molecule has 0 spiro atoms. The first kappa shape index (κ1) is 17.1. The van der Waals surface area contributed by atoms with E-state index in [1.807, 2.05) is 13.8 Å². The van der Waals surface area contributed by atoms with Crippen molar-refractivity contribution in [3.63, 3.8) is 0 Å². The molecule has 1 aromatic rings. The maximum Gasteiger partial charge on any atom is 0.347 e. The molecule has 8 heteroatoms. The molecule has 0 bridgehead atoms. The van der Waals surface area contributed by atoms with E-state index in [9.17, 15) is 13.2 Å². The standard InChI is InChI=1S/C12H19NO5S2/c1-9(2)18-7-4-3-6-13-20(16,17)10-5-8-19-11(10)12(14)15/h5,8-9,13H,3-4,6-7H2,1-2H3,(H,14,15). The lowest BCUT2D eigenvalue weighted by Crippen LogP contribution is -2.26. The van der Waals surface area contributed by atoms with E-state index < -0.39 is 16.0 Å². The largest absolute Gasteiger partial charge is 0.477 e. The molecule has 0 saturated heterocycles. The van der Waals surface area contributed by atoms with Crippen molar-refractivity contribution in [2.24, 2.45) is 0 Å². The highest BCUT2D eigenvalue weighted by atomic mass is 32.2. The monoisotopic (exact) mass is 321 g/mol. The predicted molar refractivity (Wildman–Crippen MR) is 76.8 cm³/mol. The molecule has 114 valence electrons. The van der Waals surface area contributed by atoms with Crippen molar-refractivity contribution in [3.8, 4) is 0 Å². The Morgan fingerprint density at radius 2 is 2.15 bits per heavy atom. The molecule has 1 aromatic heterocycles. The van der Waals surface area contributed by atoms with Gasteiger partial charge >= 0.3 is 5.97 Å². The molecular weight excluding hydrogens is 302 g/mol. The fraction of sp³-hybridized carbons (Fsp3) is 0.583.